The second kappa shape index (κ2) is 6.85. The van der Waals surface area contributed by atoms with Crippen LogP contribution in [0.25, 0.3) is 0 Å². The van der Waals surface area contributed by atoms with Gasteiger partial charge in [-0.3, -0.25) is 4.79 Å². The van der Waals surface area contributed by atoms with E-state index in [2.05, 4.69) is 10.6 Å². The molecule has 1 heterocycles. The maximum absolute atomic E-state index is 13.3. The second-order valence-corrected chi connectivity index (χ2v) is 6.46. The molecule has 1 unspecified atom stereocenters. The minimum atomic E-state index is -0.665. The van der Waals surface area contributed by atoms with E-state index >= 15 is 0 Å². The number of hydrogen-bond donors (Lipinski definition) is 2. The summed E-state index contributed by atoms with van der Waals surface area (Å²) in [5.41, 5.74) is 0.156. The number of anilines is 1. The van der Waals surface area contributed by atoms with Gasteiger partial charge in [0.1, 0.15) is 11.6 Å². The predicted molar refractivity (Wildman–Crippen MR) is 81.4 cm³/mol. The van der Waals surface area contributed by atoms with E-state index in [-0.39, 0.29) is 21.2 Å². The summed E-state index contributed by atoms with van der Waals surface area (Å²) >= 11 is 3.38. The maximum Gasteiger partial charge on any atom is 0.225 e. The van der Waals surface area contributed by atoms with Crippen LogP contribution in [0.15, 0.2) is 12.1 Å². The lowest BCUT2D eigenvalue weighted by Gasteiger charge is -2.22. The molecule has 1 atom stereocenters. The zero-order chi connectivity index (χ0) is 13.8. The SMILES string of the molecule is O=C(CC1CSCCN1)Nc1cc(F)c(I)c(F)c1. The molecule has 7 heteroatoms. The van der Waals surface area contributed by atoms with E-state index in [1.807, 2.05) is 0 Å². The number of amides is 1. The fourth-order valence-corrected chi connectivity index (χ4v) is 3.07. The summed E-state index contributed by atoms with van der Waals surface area (Å²) < 4.78 is 26.6. The molecule has 1 aliphatic rings. The van der Waals surface area contributed by atoms with Crippen LogP contribution >= 0.6 is 34.4 Å². The number of rotatable bonds is 3. The van der Waals surface area contributed by atoms with Crippen LogP contribution in [0.3, 0.4) is 0 Å². The first kappa shape index (κ1) is 15.0. The molecule has 1 amide bonds. The van der Waals surface area contributed by atoms with Gasteiger partial charge in [-0.2, -0.15) is 11.8 Å². The monoisotopic (exact) mass is 398 g/mol. The first-order valence-corrected chi connectivity index (χ1v) is 8.05. The maximum atomic E-state index is 13.3. The zero-order valence-corrected chi connectivity index (χ0v) is 13.0. The van der Waals surface area contributed by atoms with Gasteiger partial charge in [-0.05, 0) is 34.7 Å². The molecule has 104 valence electrons. The number of carbonyl (C=O) groups excluding carboxylic acids is 1. The van der Waals surface area contributed by atoms with E-state index in [4.69, 9.17) is 0 Å². The molecule has 2 N–H and O–H groups in total. The zero-order valence-electron chi connectivity index (χ0n) is 10.0. The van der Waals surface area contributed by atoms with Gasteiger partial charge in [0.05, 0.1) is 3.57 Å². The summed E-state index contributed by atoms with van der Waals surface area (Å²) in [6.07, 6.45) is 0.308. The molecule has 1 saturated heterocycles. The lowest BCUT2D eigenvalue weighted by atomic mass is 10.2. The molecule has 0 saturated carbocycles. The average molecular weight is 398 g/mol. The van der Waals surface area contributed by atoms with Crippen molar-refractivity contribution in [1.82, 2.24) is 5.32 Å². The molecule has 19 heavy (non-hydrogen) atoms. The Balaban J connectivity index is 1.94. The van der Waals surface area contributed by atoms with Crippen molar-refractivity contribution in [2.45, 2.75) is 12.5 Å². The third-order valence-electron chi connectivity index (χ3n) is 2.70. The topological polar surface area (TPSA) is 41.1 Å². The minimum Gasteiger partial charge on any atom is -0.326 e. The largest absolute Gasteiger partial charge is 0.326 e. The highest BCUT2D eigenvalue weighted by Crippen LogP contribution is 2.20. The van der Waals surface area contributed by atoms with E-state index in [0.29, 0.717) is 6.42 Å². The van der Waals surface area contributed by atoms with Crippen LogP contribution < -0.4 is 10.6 Å². The van der Waals surface area contributed by atoms with Crippen LogP contribution in [0.5, 0.6) is 0 Å². The van der Waals surface area contributed by atoms with Crippen LogP contribution in [0.1, 0.15) is 6.42 Å². The van der Waals surface area contributed by atoms with Crippen LogP contribution in [-0.2, 0) is 4.79 Å². The molecule has 3 nitrogen and oxygen atoms in total. The summed E-state index contributed by atoms with van der Waals surface area (Å²) in [4.78, 5) is 11.8. The molecule has 1 fully saturated rings. The van der Waals surface area contributed by atoms with Gasteiger partial charge in [0, 0.05) is 36.2 Å². The van der Waals surface area contributed by atoms with E-state index in [1.54, 1.807) is 34.4 Å². The van der Waals surface area contributed by atoms with Crippen molar-refractivity contribution in [3.63, 3.8) is 0 Å². The fraction of sp³-hybridized carbons (Fsp3) is 0.417. The van der Waals surface area contributed by atoms with Crippen LogP contribution in [0, 0.1) is 15.2 Å². The molecule has 1 aromatic rings. The third kappa shape index (κ3) is 4.28. The van der Waals surface area contributed by atoms with Gasteiger partial charge in [-0.1, -0.05) is 0 Å². The highest BCUT2D eigenvalue weighted by Gasteiger charge is 2.17. The van der Waals surface area contributed by atoms with Gasteiger partial charge < -0.3 is 10.6 Å². The fourth-order valence-electron chi connectivity index (χ4n) is 1.81. The molecule has 0 aliphatic carbocycles. The molecule has 0 spiro atoms. The van der Waals surface area contributed by atoms with Crippen molar-refractivity contribution in [3.05, 3.63) is 27.3 Å². The molecule has 0 bridgehead atoms. The Labute approximate surface area is 128 Å². The van der Waals surface area contributed by atoms with E-state index in [0.717, 1.165) is 30.2 Å². The first-order chi connectivity index (χ1) is 9.06. The van der Waals surface area contributed by atoms with Crippen molar-refractivity contribution < 1.29 is 13.6 Å². The van der Waals surface area contributed by atoms with Crippen molar-refractivity contribution in [2.75, 3.05) is 23.4 Å². The average Bonchev–Trinajstić information content (AvgIpc) is 2.37. The number of carbonyl (C=O) groups is 1. The number of thioether (sulfide) groups is 1. The van der Waals surface area contributed by atoms with E-state index in [1.165, 1.54) is 0 Å². The Kier molecular flexibility index (Phi) is 5.40. The molecule has 1 aliphatic heterocycles. The van der Waals surface area contributed by atoms with Crippen molar-refractivity contribution in [3.8, 4) is 0 Å². The van der Waals surface area contributed by atoms with E-state index < -0.39 is 11.6 Å². The Morgan fingerprint density at radius 1 is 1.47 bits per heavy atom. The van der Waals surface area contributed by atoms with Crippen molar-refractivity contribution in [2.24, 2.45) is 0 Å². The van der Waals surface area contributed by atoms with Gasteiger partial charge in [0.15, 0.2) is 0 Å². The second-order valence-electron chi connectivity index (χ2n) is 4.23. The minimum absolute atomic E-state index is 0.0686. The molecular formula is C12H13F2IN2OS. The highest BCUT2D eigenvalue weighted by atomic mass is 127. The van der Waals surface area contributed by atoms with Crippen molar-refractivity contribution in [1.29, 1.82) is 0 Å². The summed E-state index contributed by atoms with van der Waals surface area (Å²) in [6, 6.07) is 2.38. The molecule has 0 radical (unpaired) electrons. The van der Waals surface area contributed by atoms with Gasteiger partial charge >= 0.3 is 0 Å². The van der Waals surface area contributed by atoms with Crippen LogP contribution in [-0.4, -0.2) is 30.0 Å². The number of benzene rings is 1. The molecular weight excluding hydrogens is 385 g/mol. The predicted octanol–water partition coefficient (Wildman–Crippen LogP) is 2.60. The summed E-state index contributed by atoms with van der Waals surface area (Å²) in [7, 11) is 0. The molecule has 1 aromatic carbocycles. The van der Waals surface area contributed by atoms with Crippen LogP contribution in [0.2, 0.25) is 0 Å². The summed E-state index contributed by atoms with van der Waals surface area (Å²) in [5, 5.41) is 5.76. The standard InChI is InChI=1S/C12H13F2IN2OS/c13-9-3-7(4-10(14)12(9)15)17-11(18)5-8-6-19-2-1-16-8/h3-4,8,16H,1-2,5-6H2,(H,17,18). The van der Waals surface area contributed by atoms with Crippen molar-refractivity contribution >= 4 is 45.9 Å². The Morgan fingerprint density at radius 3 is 2.74 bits per heavy atom. The lowest BCUT2D eigenvalue weighted by Crippen LogP contribution is -2.39. The van der Waals surface area contributed by atoms with Gasteiger partial charge in [0.25, 0.3) is 0 Å². The molecule has 2 rings (SSSR count). The first-order valence-electron chi connectivity index (χ1n) is 5.82. The van der Waals surface area contributed by atoms with Gasteiger partial charge in [-0.25, -0.2) is 8.78 Å². The highest BCUT2D eigenvalue weighted by molar-refractivity contribution is 14.1. The third-order valence-corrected chi connectivity index (χ3v) is 4.86. The molecule has 0 aromatic heterocycles. The Morgan fingerprint density at radius 2 is 2.16 bits per heavy atom. The number of hydrogen-bond acceptors (Lipinski definition) is 3. The Hall–Kier alpha value is -0.410. The lowest BCUT2D eigenvalue weighted by molar-refractivity contribution is -0.116. The number of nitrogens with one attached hydrogen (secondary N) is 2. The summed E-state index contributed by atoms with van der Waals surface area (Å²) in [5.74, 6) is 0.360. The Bertz CT molecular complexity index is 458. The number of halogens is 3. The summed E-state index contributed by atoms with van der Waals surface area (Å²) in [6.45, 7) is 0.884. The van der Waals surface area contributed by atoms with Gasteiger partial charge in [-0.15, -0.1) is 0 Å². The van der Waals surface area contributed by atoms with Gasteiger partial charge in [0.2, 0.25) is 5.91 Å². The van der Waals surface area contributed by atoms with E-state index in [9.17, 15) is 13.6 Å². The van der Waals surface area contributed by atoms with Crippen LogP contribution in [0.4, 0.5) is 14.5 Å². The quantitative estimate of drug-likeness (QED) is 0.608. The smallest absolute Gasteiger partial charge is 0.225 e. The normalized spacial score (nSPS) is 19.2.